The molecular formula is C26H31N7O3. The van der Waals surface area contributed by atoms with E-state index in [4.69, 9.17) is 20.9 Å². The molecular weight excluding hydrogens is 458 g/mol. The van der Waals surface area contributed by atoms with Crippen LogP contribution in [0.15, 0.2) is 59.7 Å². The van der Waals surface area contributed by atoms with Crippen molar-refractivity contribution in [1.29, 1.82) is 0 Å². The van der Waals surface area contributed by atoms with Crippen molar-refractivity contribution in [2.24, 2.45) is 16.6 Å². The minimum absolute atomic E-state index is 0.134. The lowest BCUT2D eigenvalue weighted by Gasteiger charge is -2.26. The van der Waals surface area contributed by atoms with Gasteiger partial charge in [0.1, 0.15) is 11.6 Å². The van der Waals surface area contributed by atoms with Crippen LogP contribution in [0.2, 0.25) is 0 Å². The van der Waals surface area contributed by atoms with Crippen molar-refractivity contribution in [2.75, 3.05) is 38.4 Å². The van der Waals surface area contributed by atoms with Gasteiger partial charge < -0.3 is 31.6 Å². The van der Waals surface area contributed by atoms with Crippen LogP contribution in [0, 0.1) is 5.92 Å². The summed E-state index contributed by atoms with van der Waals surface area (Å²) in [5, 5.41) is 6.07. The lowest BCUT2D eigenvalue weighted by molar-refractivity contribution is -0.117. The zero-order valence-electron chi connectivity index (χ0n) is 20.4. The van der Waals surface area contributed by atoms with Crippen molar-refractivity contribution in [3.63, 3.8) is 0 Å². The third-order valence-electron chi connectivity index (χ3n) is 5.90. The SMILES string of the molecule is COc1ccc(NC(=O)C2CC2)cc1.COc1ncc(C2CNC2)nc1N=C(N)c1ccccc1N. The number of anilines is 2. The summed E-state index contributed by atoms with van der Waals surface area (Å²) in [4.78, 5) is 24.5. The number of nitrogen functional groups attached to an aromatic ring is 1. The molecule has 2 fully saturated rings. The number of nitrogens with one attached hydrogen (secondary N) is 2. The first-order valence-corrected chi connectivity index (χ1v) is 11.7. The maximum atomic E-state index is 11.4. The minimum Gasteiger partial charge on any atom is -0.497 e. The molecule has 1 saturated heterocycles. The van der Waals surface area contributed by atoms with E-state index in [0.717, 1.165) is 43.1 Å². The zero-order chi connectivity index (χ0) is 25.5. The number of nitrogens with zero attached hydrogens (tertiary/aromatic N) is 3. The first-order chi connectivity index (χ1) is 17.5. The summed E-state index contributed by atoms with van der Waals surface area (Å²) in [6.45, 7) is 1.79. The van der Waals surface area contributed by atoms with Gasteiger partial charge in [0.15, 0.2) is 0 Å². The van der Waals surface area contributed by atoms with E-state index in [-0.39, 0.29) is 17.7 Å². The molecule has 2 aromatic carbocycles. The van der Waals surface area contributed by atoms with Crippen LogP contribution in [0.25, 0.3) is 0 Å². The summed E-state index contributed by atoms with van der Waals surface area (Å²) in [5.74, 6) is 2.53. The summed E-state index contributed by atoms with van der Waals surface area (Å²) in [6, 6.07) is 14.7. The fourth-order valence-electron chi connectivity index (χ4n) is 3.46. The van der Waals surface area contributed by atoms with Crippen LogP contribution in [0.5, 0.6) is 11.6 Å². The van der Waals surface area contributed by atoms with Gasteiger partial charge in [-0.2, -0.15) is 0 Å². The number of nitrogens with two attached hydrogens (primary N) is 2. The van der Waals surface area contributed by atoms with Crippen LogP contribution in [0.4, 0.5) is 17.2 Å². The highest BCUT2D eigenvalue weighted by atomic mass is 16.5. The highest BCUT2D eigenvalue weighted by molar-refractivity contribution is 6.03. The van der Waals surface area contributed by atoms with E-state index in [2.05, 4.69) is 25.6 Å². The van der Waals surface area contributed by atoms with E-state index in [0.29, 0.717) is 28.9 Å². The van der Waals surface area contributed by atoms with Gasteiger partial charge in [0.05, 0.1) is 26.1 Å². The number of para-hydroxylation sites is 1. The van der Waals surface area contributed by atoms with Crippen LogP contribution in [-0.4, -0.2) is 49.0 Å². The van der Waals surface area contributed by atoms with Crippen molar-refractivity contribution in [1.82, 2.24) is 15.3 Å². The third kappa shape index (κ3) is 6.28. The Morgan fingerprint density at radius 3 is 2.39 bits per heavy atom. The Labute approximate surface area is 210 Å². The number of carbonyl (C=O) groups is 1. The highest BCUT2D eigenvalue weighted by Crippen LogP contribution is 2.30. The summed E-state index contributed by atoms with van der Waals surface area (Å²) < 4.78 is 10.2. The first kappa shape index (κ1) is 24.9. The standard InChI is InChI=1S/C15H18N6O.C11H13NO2/c1-22-15-14(20-12(8-19-15)9-6-18-7-9)21-13(17)10-4-2-3-5-11(10)16;1-14-10-6-4-9(5-7-10)12-11(13)8-2-3-8/h2-5,8-9,18H,6-7,16H2,1H3,(H2,17,20,21);4-8H,2-3H2,1H3,(H,12,13). The Morgan fingerprint density at radius 2 is 1.81 bits per heavy atom. The molecule has 0 spiro atoms. The van der Waals surface area contributed by atoms with Crippen molar-refractivity contribution in [3.05, 3.63) is 66.0 Å². The summed E-state index contributed by atoms with van der Waals surface area (Å²) in [5.41, 5.74) is 14.9. The van der Waals surface area contributed by atoms with Crippen LogP contribution in [-0.2, 0) is 4.79 Å². The summed E-state index contributed by atoms with van der Waals surface area (Å²) >= 11 is 0. The topological polar surface area (TPSA) is 150 Å². The van der Waals surface area contributed by atoms with Gasteiger partial charge in [0.25, 0.3) is 5.88 Å². The van der Waals surface area contributed by atoms with E-state index in [1.165, 1.54) is 7.11 Å². The van der Waals surface area contributed by atoms with E-state index in [1.54, 1.807) is 19.4 Å². The second-order valence-corrected chi connectivity index (χ2v) is 8.56. The van der Waals surface area contributed by atoms with Crippen molar-refractivity contribution < 1.29 is 14.3 Å². The average molecular weight is 490 g/mol. The number of amides is 1. The Balaban J connectivity index is 0.000000187. The van der Waals surface area contributed by atoms with Crippen molar-refractivity contribution in [2.45, 2.75) is 18.8 Å². The number of methoxy groups -OCH3 is 2. The van der Waals surface area contributed by atoms with Gasteiger partial charge in [-0.3, -0.25) is 4.79 Å². The second kappa shape index (κ2) is 11.5. The molecule has 3 aromatic rings. The molecule has 1 saturated carbocycles. The molecule has 36 heavy (non-hydrogen) atoms. The van der Waals surface area contributed by atoms with Gasteiger partial charge in [-0.15, -0.1) is 0 Å². The smallest absolute Gasteiger partial charge is 0.259 e. The largest absolute Gasteiger partial charge is 0.497 e. The lowest BCUT2D eigenvalue weighted by Crippen LogP contribution is -2.40. The molecule has 0 radical (unpaired) electrons. The predicted molar refractivity (Wildman–Crippen MR) is 140 cm³/mol. The number of ether oxygens (including phenoxy) is 2. The van der Waals surface area contributed by atoms with Gasteiger partial charge in [0.2, 0.25) is 11.7 Å². The summed E-state index contributed by atoms with van der Waals surface area (Å²) in [7, 11) is 3.15. The molecule has 10 heteroatoms. The quantitative estimate of drug-likeness (QED) is 0.225. The molecule has 0 atom stereocenters. The molecule has 1 aromatic heterocycles. The molecule has 2 aliphatic rings. The van der Waals surface area contributed by atoms with Gasteiger partial charge >= 0.3 is 0 Å². The first-order valence-electron chi connectivity index (χ1n) is 11.7. The number of hydrogen-bond donors (Lipinski definition) is 4. The summed E-state index contributed by atoms with van der Waals surface area (Å²) in [6.07, 6.45) is 3.78. The fraction of sp³-hybridized carbons (Fsp3) is 0.308. The van der Waals surface area contributed by atoms with Gasteiger partial charge in [-0.05, 0) is 49.2 Å². The molecule has 1 amide bonds. The fourth-order valence-corrected chi connectivity index (χ4v) is 3.46. The number of benzene rings is 2. The Kier molecular flexibility index (Phi) is 7.96. The van der Waals surface area contributed by atoms with E-state index in [1.807, 2.05) is 42.5 Å². The molecule has 0 bridgehead atoms. The lowest BCUT2D eigenvalue weighted by atomic mass is 10.00. The Bertz CT molecular complexity index is 1220. The van der Waals surface area contributed by atoms with Gasteiger partial charge in [0, 0.05) is 41.9 Å². The molecule has 1 aliphatic heterocycles. The molecule has 5 rings (SSSR count). The maximum absolute atomic E-state index is 11.4. The Morgan fingerprint density at radius 1 is 1.08 bits per heavy atom. The van der Waals surface area contributed by atoms with E-state index in [9.17, 15) is 4.79 Å². The second-order valence-electron chi connectivity index (χ2n) is 8.56. The minimum atomic E-state index is 0.134. The number of hydrogen-bond acceptors (Lipinski definition) is 8. The van der Waals surface area contributed by atoms with Crippen molar-refractivity contribution in [3.8, 4) is 11.6 Å². The van der Waals surface area contributed by atoms with Crippen molar-refractivity contribution >= 4 is 28.9 Å². The molecule has 10 nitrogen and oxygen atoms in total. The van der Waals surface area contributed by atoms with Crippen LogP contribution in [0.3, 0.4) is 0 Å². The maximum Gasteiger partial charge on any atom is 0.259 e. The highest BCUT2D eigenvalue weighted by Gasteiger charge is 2.29. The number of carbonyl (C=O) groups excluding carboxylic acids is 1. The third-order valence-corrected chi connectivity index (χ3v) is 5.90. The van der Waals surface area contributed by atoms with Crippen LogP contribution >= 0.6 is 0 Å². The van der Waals surface area contributed by atoms with Gasteiger partial charge in [-0.1, -0.05) is 12.1 Å². The molecule has 1 aliphatic carbocycles. The predicted octanol–water partition coefficient (Wildman–Crippen LogP) is 2.83. The number of aliphatic imine (C=N–C) groups is 1. The molecule has 6 N–H and O–H groups in total. The number of rotatable bonds is 7. The number of aromatic nitrogens is 2. The van der Waals surface area contributed by atoms with Crippen LogP contribution < -0.4 is 31.6 Å². The van der Waals surface area contributed by atoms with Gasteiger partial charge in [-0.25, -0.2) is 15.0 Å². The average Bonchev–Trinajstić information content (AvgIpc) is 3.70. The normalized spacial score (nSPS) is 15.2. The van der Waals surface area contributed by atoms with Crippen LogP contribution in [0.1, 0.15) is 30.0 Å². The number of amidine groups is 1. The molecule has 188 valence electrons. The van der Waals surface area contributed by atoms with E-state index < -0.39 is 0 Å². The monoisotopic (exact) mass is 489 g/mol. The molecule has 2 heterocycles. The molecule has 0 unspecified atom stereocenters. The Hall–Kier alpha value is -4.18. The van der Waals surface area contributed by atoms with E-state index >= 15 is 0 Å². The zero-order valence-corrected chi connectivity index (χ0v) is 20.4.